The van der Waals surface area contributed by atoms with E-state index in [1.165, 1.54) is 109 Å². The summed E-state index contributed by atoms with van der Waals surface area (Å²) in [4.78, 5) is 0. The second-order valence-corrected chi connectivity index (χ2v) is 13.2. The quantitative estimate of drug-likeness (QED) is 0.275. The zero-order chi connectivity index (χ0) is 24.0. The lowest BCUT2D eigenvalue weighted by molar-refractivity contribution is -0.181. The van der Waals surface area contributed by atoms with Crippen LogP contribution in [0.25, 0.3) is 0 Å². The van der Waals surface area contributed by atoms with Crippen LogP contribution in [-0.4, -0.2) is 32.3 Å². The molecule has 3 nitrogen and oxygen atoms in total. The largest absolute Gasteiger partial charge is 0.378 e. The minimum absolute atomic E-state index is 0.391. The van der Waals surface area contributed by atoms with Gasteiger partial charge in [0.2, 0.25) is 0 Å². The normalized spacial score (nSPS) is 41.6. The molecule has 0 amide bonds. The Morgan fingerprint density at radius 1 is 0.882 bits per heavy atom. The predicted octanol–water partition coefficient (Wildman–Crippen LogP) is 7.33. The molecule has 4 saturated carbocycles. The van der Waals surface area contributed by atoms with Gasteiger partial charge in [-0.2, -0.15) is 0 Å². The van der Waals surface area contributed by atoms with Gasteiger partial charge in [0, 0.05) is 6.61 Å². The Kier molecular flexibility index (Phi) is 9.83. The van der Waals surface area contributed by atoms with E-state index in [4.69, 9.17) is 10.5 Å². The Labute approximate surface area is 212 Å². The Bertz CT molecular complexity index is 610. The van der Waals surface area contributed by atoms with Crippen LogP contribution >= 0.6 is 0 Å². The van der Waals surface area contributed by atoms with Gasteiger partial charge in [0.15, 0.2) is 0 Å². The molecule has 4 aliphatic carbocycles. The number of fused-ring (bicyclic) bond motifs is 5. The summed E-state index contributed by atoms with van der Waals surface area (Å²) in [5, 5.41) is 3.69. The summed E-state index contributed by atoms with van der Waals surface area (Å²) in [6.07, 6.45) is 22.8. The van der Waals surface area contributed by atoms with E-state index < -0.39 is 0 Å². The zero-order valence-corrected chi connectivity index (χ0v) is 23.1. The first kappa shape index (κ1) is 26.9. The lowest BCUT2D eigenvalue weighted by atomic mass is 9.44. The van der Waals surface area contributed by atoms with Gasteiger partial charge in [0.05, 0.1) is 6.10 Å². The smallest absolute Gasteiger partial charge is 0.0637 e. The molecule has 198 valence electrons. The summed E-state index contributed by atoms with van der Waals surface area (Å²) in [6, 6.07) is 0. The van der Waals surface area contributed by atoms with Crippen LogP contribution in [0.2, 0.25) is 0 Å². The van der Waals surface area contributed by atoms with Crippen molar-refractivity contribution in [2.75, 3.05) is 26.2 Å². The molecule has 0 heterocycles. The summed E-state index contributed by atoms with van der Waals surface area (Å²) >= 11 is 0. The van der Waals surface area contributed by atoms with Crippen molar-refractivity contribution < 1.29 is 4.74 Å². The minimum atomic E-state index is 0.391. The summed E-state index contributed by atoms with van der Waals surface area (Å²) in [6.45, 7) is 11.7. The predicted molar refractivity (Wildman–Crippen MR) is 145 cm³/mol. The molecule has 3 heteroatoms. The topological polar surface area (TPSA) is 47.3 Å². The van der Waals surface area contributed by atoms with E-state index in [1.807, 2.05) is 0 Å². The Balaban J connectivity index is 1.41. The van der Waals surface area contributed by atoms with Gasteiger partial charge >= 0.3 is 0 Å². The fraction of sp³-hybridized carbons (Fsp3) is 1.00. The van der Waals surface area contributed by atoms with Gasteiger partial charge in [-0.15, -0.1) is 0 Å². The maximum atomic E-state index is 6.83. The Morgan fingerprint density at radius 2 is 1.71 bits per heavy atom. The third-order valence-corrected chi connectivity index (χ3v) is 11.6. The van der Waals surface area contributed by atoms with E-state index in [2.05, 4.69) is 26.1 Å². The molecule has 4 aliphatic rings. The molecule has 0 spiro atoms. The molecule has 0 aromatic carbocycles. The molecule has 0 saturated heterocycles. The molecule has 8 atom stereocenters. The number of nitrogens with two attached hydrogens (primary N) is 1. The number of hydrogen-bond acceptors (Lipinski definition) is 3. The van der Waals surface area contributed by atoms with Crippen LogP contribution in [0.15, 0.2) is 0 Å². The molecule has 0 aliphatic heterocycles. The van der Waals surface area contributed by atoms with Gasteiger partial charge in [-0.3, -0.25) is 0 Å². The van der Waals surface area contributed by atoms with E-state index in [9.17, 15) is 0 Å². The molecule has 4 rings (SSSR count). The lowest BCUT2D eigenvalue weighted by Crippen LogP contribution is -2.58. The van der Waals surface area contributed by atoms with Crippen molar-refractivity contribution in [1.29, 1.82) is 0 Å². The van der Waals surface area contributed by atoms with Crippen molar-refractivity contribution in [3.05, 3.63) is 0 Å². The van der Waals surface area contributed by atoms with Gasteiger partial charge in [0.25, 0.3) is 0 Å². The maximum absolute atomic E-state index is 6.83. The van der Waals surface area contributed by atoms with E-state index in [1.54, 1.807) is 0 Å². The van der Waals surface area contributed by atoms with Crippen molar-refractivity contribution in [2.45, 2.75) is 130 Å². The van der Waals surface area contributed by atoms with Crippen LogP contribution in [0.1, 0.15) is 124 Å². The van der Waals surface area contributed by atoms with Crippen molar-refractivity contribution in [3.63, 3.8) is 0 Å². The minimum Gasteiger partial charge on any atom is -0.378 e. The molecule has 5 unspecified atom stereocenters. The molecule has 0 aromatic heterocycles. The molecule has 3 N–H and O–H groups in total. The Hall–Kier alpha value is -0.120. The van der Waals surface area contributed by atoms with Crippen molar-refractivity contribution in [1.82, 2.24) is 5.32 Å². The molecule has 0 radical (unpaired) electrons. The van der Waals surface area contributed by atoms with Crippen LogP contribution in [0, 0.1) is 40.4 Å². The summed E-state index contributed by atoms with van der Waals surface area (Å²) in [7, 11) is 0. The highest BCUT2D eigenvalue weighted by Crippen LogP contribution is 2.68. The number of rotatable bonds is 13. The fourth-order valence-corrected chi connectivity index (χ4v) is 9.65. The molecule has 0 bridgehead atoms. The molecule has 0 aromatic rings. The monoisotopic (exact) mass is 474 g/mol. The second-order valence-electron chi connectivity index (χ2n) is 13.2. The number of ether oxygens (including phenoxy) is 1. The first-order valence-corrected chi connectivity index (χ1v) is 15.6. The van der Waals surface area contributed by atoms with Crippen molar-refractivity contribution in [2.24, 2.45) is 46.2 Å². The van der Waals surface area contributed by atoms with Crippen molar-refractivity contribution >= 4 is 0 Å². The highest BCUT2D eigenvalue weighted by molar-refractivity contribution is 5.12. The standard InChI is InChI=1S/C31H58N2O/c1-4-5-9-20-33-21-10-7-13-25-15-17-27-26-16-14-24-12-6-8-18-30(24,2)28(26)23-29(31(25,27)3)34-22-11-19-32/h24-29,33H,4-23,32H2,1-3H3/t24?,25?,26?,27?,28?,29-,30-,31+/m0/s1. The number of nitrogens with one attached hydrogen (secondary N) is 1. The van der Waals surface area contributed by atoms with Gasteiger partial charge in [-0.25, -0.2) is 0 Å². The third-order valence-electron chi connectivity index (χ3n) is 11.6. The summed E-state index contributed by atoms with van der Waals surface area (Å²) in [5.74, 6) is 4.60. The van der Waals surface area contributed by atoms with E-state index in [-0.39, 0.29) is 0 Å². The maximum Gasteiger partial charge on any atom is 0.0637 e. The fourth-order valence-electron chi connectivity index (χ4n) is 9.65. The third kappa shape index (κ3) is 5.42. The first-order valence-electron chi connectivity index (χ1n) is 15.6. The van der Waals surface area contributed by atoms with Gasteiger partial charge in [0.1, 0.15) is 0 Å². The summed E-state index contributed by atoms with van der Waals surface area (Å²) in [5.41, 5.74) is 6.85. The van der Waals surface area contributed by atoms with E-state index in [0.29, 0.717) is 16.9 Å². The van der Waals surface area contributed by atoms with Gasteiger partial charge in [-0.05, 0) is 131 Å². The van der Waals surface area contributed by atoms with Crippen LogP contribution in [0.3, 0.4) is 0 Å². The van der Waals surface area contributed by atoms with Gasteiger partial charge in [-0.1, -0.05) is 52.9 Å². The molecule has 34 heavy (non-hydrogen) atoms. The van der Waals surface area contributed by atoms with Crippen molar-refractivity contribution in [3.8, 4) is 0 Å². The molecular formula is C31H58N2O. The second kappa shape index (κ2) is 12.4. The average molecular weight is 475 g/mol. The van der Waals surface area contributed by atoms with E-state index in [0.717, 1.165) is 49.2 Å². The van der Waals surface area contributed by atoms with Crippen LogP contribution in [0.4, 0.5) is 0 Å². The number of unbranched alkanes of at least 4 members (excludes halogenated alkanes) is 3. The van der Waals surface area contributed by atoms with Crippen LogP contribution < -0.4 is 11.1 Å². The average Bonchev–Trinajstić information content (AvgIpc) is 3.18. The van der Waals surface area contributed by atoms with E-state index >= 15 is 0 Å². The summed E-state index contributed by atoms with van der Waals surface area (Å²) < 4.78 is 6.83. The zero-order valence-electron chi connectivity index (χ0n) is 23.1. The highest BCUT2D eigenvalue weighted by Gasteiger charge is 2.63. The molecule has 4 fully saturated rings. The first-order chi connectivity index (χ1) is 16.6. The molecular weight excluding hydrogens is 416 g/mol. The highest BCUT2D eigenvalue weighted by atomic mass is 16.5. The van der Waals surface area contributed by atoms with Gasteiger partial charge < -0.3 is 15.8 Å². The number of hydrogen-bond donors (Lipinski definition) is 2. The lowest BCUT2D eigenvalue weighted by Gasteiger charge is -2.62. The SMILES string of the molecule is CCCCCNCCCCC1CCC2C3CCC4CCCC[C@]4(C)C3C[C@H](OCCCN)[C@]12C. The van der Waals surface area contributed by atoms with Crippen LogP contribution in [0.5, 0.6) is 0 Å². The van der Waals surface area contributed by atoms with Crippen LogP contribution in [-0.2, 0) is 4.74 Å². The Morgan fingerprint density at radius 3 is 2.50 bits per heavy atom.